The Kier molecular flexibility index (Phi) is 5.24. The largest absolute Gasteiger partial charge is 0.481 e. The van der Waals surface area contributed by atoms with Crippen molar-refractivity contribution in [3.8, 4) is 0 Å². The molecule has 0 spiro atoms. The molecule has 2 aliphatic rings. The third-order valence-corrected chi connectivity index (χ3v) is 6.09. The van der Waals surface area contributed by atoms with E-state index >= 15 is 0 Å². The van der Waals surface area contributed by atoms with E-state index in [1.54, 1.807) is 4.90 Å². The molecule has 0 aromatic heterocycles. The lowest BCUT2D eigenvalue weighted by Crippen LogP contribution is -2.47. The molecule has 0 aliphatic carbocycles. The molecule has 2 fully saturated rings. The molecule has 2 aromatic carbocycles. The number of amides is 2. The quantitative estimate of drug-likeness (QED) is 0.822. The molecule has 4 rings (SSSR count). The van der Waals surface area contributed by atoms with Crippen LogP contribution in [0.15, 0.2) is 36.4 Å². The van der Waals surface area contributed by atoms with Crippen molar-refractivity contribution >= 4 is 28.6 Å². The van der Waals surface area contributed by atoms with E-state index in [1.165, 1.54) is 0 Å². The van der Waals surface area contributed by atoms with Crippen LogP contribution in [0.4, 0.5) is 0 Å². The van der Waals surface area contributed by atoms with Crippen LogP contribution in [0.25, 0.3) is 10.8 Å². The van der Waals surface area contributed by atoms with Gasteiger partial charge < -0.3 is 20.6 Å². The minimum absolute atomic E-state index is 0.00980. The van der Waals surface area contributed by atoms with Crippen molar-refractivity contribution in [2.24, 2.45) is 11.7 Å². The van der Waals surface area contributed by atoms with Gasteiger partial charge in [-0.05, 0) is 47.4 Å². The fourth-order valence-corrected chi connectivity index (χ4v) is 4.37. The van der Waals surface area contributed by atoms with E-state index in [0.29, 0.717) is 38.0 Å². The van der Waals surface area contributed by atoms with E-state index in [9.17, 15) is 14.4 Å². The average molecular weight is 395 g/mol. The van der Waals surface area contributed by atoms with Crippen LogP contribution in [0.2, 0.25) is 0 Å². The summed E-state index contributed by atoms with van der Waals surface area (Å²) in [6.45, 7) is 1.89. The fraction of sp³-hybridized carbons (Fsp3) is 0.409. The Labute approximate surface area is 169 Å². The van der Waals surface area contributed by atoms with Crippen LogP contribution in [-0.4, -0.2) is 58.4 Å². The number of piperidine rings is 1. The van der Waals surface area contributed by atoms with Crippen molar-refractivity contribution < 1.29 is 19.5 Å². The first kappa shape index (κ1) is 19.4. The number of aliphatic carboxylic acids is 1. The highest BCUT2D eigenvalue weighted by Crippen LogP contribution is 2.27. The SMILES string of the molecule is NCc1ccc2cc(C(=O)N3CCC(N4CC(C(=O)O)CC4=O)CC3)ccc2c1. The van der Waals surface area contributed by atoms with Gasteiger partial charge in [-0.15, -0.1) is 0 Å². The molecule has 0 saturated carbocycles. The number of nitrogens with two attached hydrogens (primary N) is 1. The highest BCUT2D eigenvalue weighted by molar-refractivity contribution is 5.98. The van der Waals surface area contributed by atoms with Gasteiger partial charge >= 0.3 is 5.97 Å². The third-order valence-electron chi connectivity index (χ3n) is 6.09. The summed E-state index contributed by atoms with van der Waals surface area (Å²) in [6.07, 6.45) is 1.44. The molecule has 0 bridgehead atoms. The summed E-state index contributed by atoms with van der Waals surface area (Å²) in [7, 11) is 0. The van der Waals surface area contributed by atoms with Crippen LogP contribution >= 0.6 is 0 Å². The molecule has 2 saturated heterocycles. The number of benzene rings is 2. The molecule has 1 unspecified atom stereocenters. The van der Waals surface area contributed by atoms with Crippen LogP contribution in [0.3, 0.4) is 0 Å². The Hall–Kier alpha value is -2.93. The highest BCUT2D eigenvalue weighted by Gasteiger charge is 2.39. The number of likely N-dealkylation sites (tertiary alicyclic amines) is 2. The summed E-state index contributed by atoms with van der Waals surface area (Å²) < 4.78 is 0. The molecule has 3 N–H and O–H groups in total. The number of fused-ring (bicyclic) bond motifs is 1. The molecule has 152 valence electrons. The maximum Gasteiger partial charge on any atom is 0.308 e. The number of nitrogens with zero attached hydrogens (tertiary/aromatic N) is 2. The van der Waals surface area contributed by atoms with Crippen LogP contribution in [0.1, 0.15) is 35.2 Å². The zero-order valence-electron chi connectivity index (χ0n) is 16.2. The van der Waals surface area contributed by atoms with Crippen molar-refractivity contribution in [1.29, 1.82) is 0 Å². The van der Waals surface area contributed by atoms with Crippen LogP contribution < -0.4 is 5.73 Å². The molecule has 7 heteroatoms. The molecule has 2 aliphatic heterocycles. The van der Waals surface area contributed by atoms with Crippen molar-refractivity contribution in [2.45, 2.75) is 31.8 Å². The molecular formula is C22H25N3O4. The lowest BCUT2D eigenvalue weighted by atomic mass is 10.0. The molecule has 7 nitrogen and oxygen atoms in total. The van der Waals surface area contributed by atoms with Gasteiger partial charge in [0, 0.05) is 44.2 Å². The summed E-state index contributed by atoms with van der Waals surface area (Å²) in [5.74, 6) is -1.62. The summed E-state index contributed by atoms with van der Waals surface area (Å²) in [5.41, 5.74) is 7.40. The smallest absolute Gasteiger partial charge is 0.308 e. The first-order valence-corrected chi connectivity index (χ1v) is 10.0. The van der Waals surface area contributed by atoms with E-state index in [2.05, 4.69) is 0 Å². The van der Waals surface area contributed by atoms with Crippen molar-refractivity contribution in [3.05, 3.63) is 47.5 Å². The zero-order chi connectivity index (χ0) is 20.5. The summed E-state index contributed by atoms with van der Waals surface area (Å²) >= 11 is 0. The number of carboxylic acid groups (broad SMARTS) is 1. The standard InChI is InChI=1S/C22H25N3O4/c23-12-14-1-2-16-10-17(4-3-15(16)9-14)21(27)24-7-5-19(6-8-24)25-13-18(22(28)29)11-20(25)26/h1-4,9-10,18-19H,5-8,11-13,23H2,(H,28,29). The van der Waals surface area contributed by atoms with Gasteiger partial charge in [-0.1, -0.05) is 18.2 Å². The lowest BCUT2D eigenvalue weighted by Gasteiger charge is -2.36. The second-order valence-electron chi connectivity index (χ2n) is 7.91. The Morgan fingerprint density at radius 3 is 2.41 bits per heavy atom. The molecule has 0 radical (unpaired) electrons. The van der Waals surface area contributed by atoms with Gasteiger partial charge in [-0.3, -0.25) is 14.4 Å². The molecular weight excluding hydrogens is 370 g/mol. The number of carbonyl (C=O) groups is 3. The zero-order valence-corrected chi connectivity index (χ0v) is 16.2. The second-order valence-corrected chi connectivity index (χ2v) is 7.91. The minimum atomic E-state index is -0.914. The Balaban J connectivity index is 1.41. The Morgan fingerprint density at radius 2 is 1.76 bits per heavy atom. The highest BCUT2D eigenvalue weighted by atomic mass is 16.4. The number of carboxylic acids is 1. The maximum atomic E-state index is 12.9. The molecule has 1 atom stereocenters. The number of rotatable bonds is 4. The van der Waals surface area contributed by atoms with Gasteiger partial charge in [0.25, 0.3) is 5.91 Å². The summed E-state index contributed by atoms with van der Waals surface area (Å²) in [4.78, 5) is 39.8. The van der Waals surface area contributed by atoms with Crippen LogP contribution in [0, 0.1) is 5.92 Å². The van der Waals surface area contributed by atoms with E-state index in [1.807, 2.05) is 41.3 Å². The Morgan fingerprint density at radius 1 is 1.07 bits per heavy atom. The van der Waals surface area contributed by atoms with Crippen LogP contribution in [0.5, 0.6) is 0 Å². The van der Waals surface area contributed by atoms with Gasteiger partial charge in [0.15, 0.2) is 0 Å². The third kappa shape index (κ3) is 3.82. The first-order valence-electron chi connectivity index (χ1n) is 10.0. The van der Waals surface area contributed by atoms with Crippen molar-refractivity contribution in [3.63, 3.8) is 0 Å². The van der Waals surface area contributed by atoms with Gasteiger partial charge in [-0.25, -0.2) is 0 Å². The molecule has 29 heavy (non-hydrogen) atoms. The van der Waals surface area contributed by atoms with Gasteiger partial charge in [0.1, 0.15) is 0 Å². The lowest BCUT2D eigenvalue weighted by molar-refractivity contribution is -0.141. The van der Waals surface area contributed by atoms with E-state index in [-0.39, 0.29) is 30.8 Å². The van der Waals surface area contributed by atoms with Crippen molar-refractivity contribution in [2.75, 3.05) is 19.6 Å². The number of carbonyl (C=O) groups excluding carboxylic acids is 2. The number of hydrogen-bond donors (Lipinski definition) is 2. The monoisotopic (exact) mass is 395 g/mol. The average Bonchev–Trinajstić information content (AvgIpc) is 3.14. The van der Waals surface area contributed by atoms with Gasteiger partial charge in [0.2, 0.25) is 5.91 Å². The summed E-state index contributed by atoms with van der Waals surface area (Å²) in [6, 6.07) is 11.7. The van der Waals surface area contributed by atoms with Crippen LogP contribution in [-0.2, 0) is 16.1 Å². The molecule has 2 aromatic rings. The second kappa shape index (κ2) is 7.83. The summed E-state index contributed by atoms with van der Waals surface area (Å²) in [5, 5.41) is 11.2. The molecule has 2 heterocycles. The van der Waals surface area contributed by atoms with E-state index in [0.717, 1.165) is 16.3 Å². The minimum Gasteiger partial charge on any atom is -0.481 e. The Bertz CT molecular complexity index is 966. The predicted molar refractivity (Wildman–Crippen MR) is 108 cm³/mol. The molecule has 2 amide bonds. The van der Waals surface area contributed by atoms with Gasteiger partial charge in [0.05, 0.1) is 5.92 Å². The topological polar surface area (TPSA) is 104 Å². The van der Waals surface area contributed by atoms with Crippen molar-refractivity contribution in [1.82, 2.24) is 9.80 Å². The number of hydrogen-bond acceptors (Lipinski definition) is 4. The van der Waals surface area contributed by atoms with E-state index < -0.39 is 11.9 Å². The van der Waals surface area contributed by atoms with E-state index in [4.69, 9.17) is 10.8 Å². The predicted octanol–water partition coefficient (Wildman–Crippen LogP) is 1.84. The maximum absolute atomic E-state index is 12.9. The fourth-order valence-electron chi connectivity index (χ4n) is 4.37. The normalized spacial score (nSPS) is 20.4. The van der Waals surface area contributed by atoms with Gasteiger partial charge in [-0.2, -0.15) is 0 Å². The first-order chi connectivity index (χ1) is 14.0.